The van der Waals surface area contributed by atoms with Gasteiger partial charge < -0.3 is 14.2 Å². The summed E-state index contributed by atoms with van der Waals surface area (Å²) in [5.41, 5.74) is 0.429. The first-order chi connectivity index (χ1) is 15.2. The number of aliphatic imine (C=N–C) groups is 1. The van der Waals surface area contributed by atoms with Crippen LogP contribution in [0.1, 0.15) is 21.3 Å². The van der Waals surface area contributed by atoms with E-state index in [9.17, 15) is 8.42 Å². The minimum Gasteiger partial charge on any atom is -0.481 e. The lowest BCUT2D eigenvalue weighted by molar-refractivity contribution is 0.0908. The normalized spacial score (nSPS) is 13.6. The summed E-state index contributed by atoms with van der Waals surface area (Å²) < 4.78 is 46.0. The number of anilines is 1. The predicted molar refractivity (Wildman–Crippen MR) is 123 cm³/mol. The molecule has 0 saturated carbocycles. The molecule has 2 aromatic rings. The van der Waals surface area contributed by atoms with Crippen LogP contribution in [0.3, 0.4) is 0 Å². The first kappa shape index (κ1) is 25.4. The van der Waals surface area contributed by atoms with Crippen LogP contribution in [-0.2, 0) is 19.5 Å². The average molecular weight is 470 g/mol. The van der Waals surface area contributed by atoms with Gasteiger partial charge in [-0.05, 0) is 19.7 Å². The SMILES string of the molecule is C=NC(=N)C(C)[C@H](C)S(=O)(=O)Nc1nnc(-c2cccc(OC)n2)n1C(COC)COC.[HH]. The van der Waals surface area contributed by atoms with Crippen molar-refractivity contribution in [1.29, 1.82) is 5.41 Å². The standard InChI is InChI=1S/C19H29N7O5S.H2/c1-12(17(20)21-3)13(2)32(27,28)25-19-24-23-18(15-8-7-9-16(22-15)31-6)26(19)14(10-29-4)11-30-5;/h7-9,12-14,20H,3,10-11H2,1-2,4-6H3,(H,24,25);1H/t12?,13-;/m0./s1. The van der Waals surface area contributed by atoms with Crippen molar-refractivity contribution in [1.82, 2.24) is 19.7 Å². The van der Waals surface area contributed by atoms with E-state index >= 15 is 0 Å². The van der Waals surface area contributed by atoms with E-state index in [0.29, 0.717) is 17.4 Å². The molecule has 2 atom stereocenters. The van der Waals surface area contributed by atoms with E-state index in [2.05, 4.69) is 31.6 Å². The van der Waals surface area contributed by atoms with Crippen molar-refractivity contribution < 1.29 is 24.1 Å². The fraction of sp³-hybridized carbons (Fsp3) is 0.526. The molecule has 2 heterocycles. The van der Waals surface area contributed by atoms with Gasteiger partial charge in [0.15, 0.2) is 5.82 Å². The van der Waals surface area contributed by atoms with Crippen LogP contribution in [0.5, 0.6) is 5.88 Å². The van der Waals surface area contributed by atoms with Gasteiger partial charge in [0, 0.05) is 27.6 Å². The molecular formula is C19H31N7O5S. The Hall–Kier alpha value is -2.90. The maximum atomic E-state index is 13.0. The molecule has 0 aliphatic heterocycles. The number of amidine groups is 1. The largest absolute Gasteiger partial charge is 0.481 e. The molecule has 2 N–H and O–H groups in total. The van der Waals surface area contributed by atoms with Gasteiger partial charge in [0.05, 0.1) is 31.6 Å². The number of methoxy groups -OCH3 is 3. The molecule has 1 unspecified atom stereocenters. The Morgan fingerprint density at radius 3 is 2.47 bits per heavy atom. The molecule has 0 radical (unpaired) electrons. The summed E-state index contributed by atoms with van der Waals surface area (Å²) in [6.45, 7) is 6.78. The molecule has 0 amide bonds. The Morgan fingerprint density at radius 1 is 1.25 bits per heavy atom. The quantitative estimate of drug-likeness (QED) is 0.353. The molecule has 0 saturated heterocycles. The Bertz CT molecular complexity index is 1040. The number of ether oxygens (including phenoxy) is 3. The molecule has 32 heavy (non-hydrogen) atoms. The highest BCUT2D eigenvalue weighted by Crippen LogP contribution is 2.27. The zero-order valence-electron chi connectivity index (χ0n) is 18.8. The van der Waals surface area contributed by atoms with Gasteiger partial charge in [-0.25, -0.2) is 18.4 Å². The van der Waals surface area contributed by atoms with E-state index in [4.69, 9.17) is 19.6 Å². The minimum atomic E-state index is -3.96. The number of hydrogen-bond acceptors (Lipinski definition) is 9. The molecular weight excluding hydrogens is 438 g/mol. The van der Waals surface area contributed by atoms with Crippen LogP contribution in [0.25, 0.3) is 11.5 Å². The molecule has 0 aliphatic carbocycles. The fourth-order valence-electron chi connectivity index (χ4n) is 2.97. The Morgan fingerprint density at radius 2 is 1.91 bits per heavy atom. The van der Waals surface area contributed by atoms with Gasteiger partial charge in [-0.3, -0.25) is 14.7 Å². The molecule has 0 bridgehead atoms. The first-order valence-electron chi connectivity index (χ1n) is 9.71. The lowest BCUT2D eigenvalue weighted by Gasteiger charge is -2.23. The summed E-state index contributed by atoms with van der Waals surface area (Å²) in [4.78, 5) is 7.92. The van der Waals surface area contributed by atoms with E-state index in [1.165, 1.54) is 28.3 Å². The Balaban J connectivity index is 0.00000544. The van der Waals surface area contributed by atoms with Crippen LogP contribution in [-0.4, -0.2) is 80.5 Å². The number of nitrogens with zero attached hydrogens (tertiary/aromatic N) is 5. The van der Waals surface area contributed by atoms with Crippen LogP contribution in [0.4, 0.5) is 5.95 Å². The van der Waals surface area contributed by atoms with Gasteiger partial charge in [-0.1, -0.05) is 13.0 Å². The second-order valence-electron chi connectivity index (χ2n) is 7.03. The van der Waals surface area contributed by atoms with Gasteiger partial charge >= 0.3 is 0 Å². The summed E-state index contributed by atoms with van der Waals surface area (Å²) >= 11 is 0. The molecule has 0 fully saturated rings. The third kappa shape index (κ3) is 5.66. The maximum Gasteiger partial charge on any atom is 0.239 e. The smallest absolute Gasteiger partial charge is 0.239 e. The van der Waals surface area contributed by atoms with Crippen LogP contribution in [0, 0.1) is 11.3 Å². The molecule has 0 aromatic carbocycles. The van der Waals surface area contributed by atoms with Crippen LogP contribution in [0.15, 0.2) is 23.2 Å². The zero-order valence-corrected chi connectivity index (χ0v) is 19.6. The van der Waals surface area contributed by atoms with Crippen molar-refractivity contribution >= 4 is 28.5 Å². The van der Waals surface area contributed by atoms with E-state index in [-0.39, 0.29) is 26.4 Å². The van der Waals surface area contributed by atoms with Gasteiger partial charge in [0.1, 0.15) is 11.5 Å². The number of hydrogen-bond donors (Lipinski definition) is 2. The van der Waals surface area contributed by atoms with E-state index in [0.717, 1.165) is 0 Å². The summed E-state index contributed by atoms with van der Waals surface area (Å²) in [5, 5.41) is 15.1. The highest BCUT2D eigenvalue weighted by atomic mass is 32.2. The second-order valence-corrected chi connectivity index (χ2v) is 9.07. The average Bonchev–Trinajstić information content (AvgIpc) is 3.19. The summed E-state index contributed by atoms with van der Waals surface area (Å²) in [5.74, 6) is -0.160. The lowest BCUT2D eigenvalue weighted by Crippen LogP contribution is -2.35. The molecule has 178 valence electrons. The van der Waals surface area contributed by atoms with E-state index in [1.54, 1.807) is 29.7 Å². The molecule has 0 spiro atoms. The van der Waals surface area contributed by atoms with Crippen molar-refractivity contribution in [2.45, 2.75) is 25.1 Å². The number of sulfonamides is 1. The monoisotopic (exact) mass is 469 g/mol. The Labute approximate surface area is 189 Å². The summed E-state index contributed by atoms with van der Waals surface area (Å²) in [6.07, 6.45) is 0. The fourth-order valence-corrected chi connectivity index (χ4v) is 4.22. The first-order valence-corrected chi connectivity index (χ1v) is 11.3. The molecule has 12 nitrogen and oxygen atoms in total. The highest BCUT2D eigenvalue weighted by Gasteiger charge is 2.32. The van der Waals surface area contributed by atoms with Crippen molar-refractivity contribution in [3.8, 4) is 17.4 Å². The van der Waals surface area contributed by atoms with Gasteiger partial charge in [0.25, 0.3) is 0 Å². The van der Waals surface area contributed by atoms with Gasteiger partial charge in [0.2, 0.25) is 21.9 Å². The van der Waals surface area contributed by atoms with Crippen LogP contribution in [0.2, 0.25) is 0 Å². The molecule has 2 rings (SSSR count). The minimum absolute atomic E-state index is 0. The topological polar surface area (TPSA) is 154 Å². The molecule has 0 aliphatic rings. The maximum absolute atomic E-state index is 13.0. The lowest BCUT2D eigenvalue weighted by atomic mass is 10.1. The van der Waals surface area contributed by atoms with Crippen molar-refractivity contribution in [2.75, 3.05) is 39.3 Å². The van der Waals surface area contributed by atoms with Gasteiger partial charge in [-0.2, -0.15) is 0 Å². The number of rotatable bonds is 12. The highest BCUT2D eigenvalue weighted by molar-refractivity contribution is 7.93. The summed E-state index contributed by atoms with van der Waals surface area (Å²) in [6, 6.07) is 4.67. The third-order valence-corrected chi connectivity index (χ3v) is 6.82. The van der Waals surface area contributed by atoms with Crippen molar-refractivity contribution in [2.24, 2.45) is 10.9 Å². The van der Waals surface area contributed by atoms with E-state index < -0.39 is 27.2 Å². The number of nitrogens with one attached hydrogen (secondary N) is 2. The van der Waals surface area contributed by atoms with Crippen LogP contribution >= 0.6 is 0 Å². The number of pyridine rings is 1. The summed E-state index contributed by atoms with van der Waals surface area (Å²) in [7, 11) is 0.581. The molecule has 13 heteroatoms. The third-order valence-electron chi connectivity index (χ3n) is 4.97. The van der Waals surface area contributed by atoms with Crippen molar-refractivity contribution in [3.05, 3.63) is 18.2 Å². The zero-order chi connectivity index (χ0) is 23.9. The second kappa shape index (κ2) is 11.1. The Kier molecular flexibility index (Phi) is 8.80. The van der Waals surface area contributed by atoms with Gasteiger partial charge in [-0.15, -0.1) is 10.2 Å². The molecule has 2 aromatic heterocycles. The van der Waals surface area contributed by atoms with Crippen molar-refractivity contribution in [3.63, 3.8) is 0 Å². The van der Waals surface area contributed by atoms with E-state index in [1.807, 2.05) is 0 Å². The predicted octanol–water partition coefficient (Wildman–Crippen LogP) is 1.87. The van der Waals surface area contributed by atoms with Crippen LogP contribution < -0.4 is 9.46 Å². The number of aromatic nitrogens is 4.